The van der Waals surface area contributed by atoms with Crippen molar-refractivity contribution in [3.05, 3.63) is 108 Å². The Hall–Kier alpha value is -4.44. The van der Waals surface area contributed by atoms with E-state index in [-0.39, 0.29) is 11.9 Å². The Kier molecular flexibility index (Phi) is 7.44. The highest BCUT2D eigenvalue weighted by atomic mass is 19.1. The predicted octanol–water partition coefficient (Wildman–Crippen LogP) is 4.81. The third-order valence-corrected chi connectivity index (χ3v) is 8.50. The number of nitrogens with two attached hydrogens (primary N) is 1. The topological polar surface area (TPSA) is 115 Å². The van der Waals surface area contributed by atoms with Crippen molar-refractivity contribution < 1.29 is 9.50 Å². The number of fused-ring (bicyclic) bond motifs is 1. The lowest BCUT2D eigenvalue weighted by atomic mass is 9.95. The molecule has 0 radical (unpaired) electrons. The van der Waals surface area contributed by atoms with Gasteiger partial charge >= 0.3 is 0 Å². The largest absolute Gasteiger partial charge is 0.377 e. The Labute approximate surface area is 249 Å². The molecule has 0 saturated carbocycles. The van der Waals surface area contributed by atoms with E-state index in [1.165, 1.54) is 17.7 Å². The molecule has 0 spiro atoms. The van der Waals surface area contributed by atoms with Crippen LogP contribution >= 0.6 is 0 Å². The number of benzene rings is 3. The van der Waals surface area contributed by atoms with Gasteiger partial charge in [0.15, 0.2) is 0 Å². The molecule has 0 aliphatic carbocycles. The summed E-state index contributed by atoms with van der Waals surface area (Å²) < 4.78 is 13.6. The van der Waals surface area contributed by atoms with Crippen LogP contribution in [-0.4, -0.2) is 62.7 Å². The fourth-order valence-corrected chi connectivity index (χ4v) is 6.07. The number of pyridine rings is 1. The molecule has 2 aliphatic heterocycles. The number of aliphatic hydroxyl groups excluding tert-OH is 1. The van der Waals surface area contributed by atoms with E-state index in [0.29, 0.717) is 18.3 Å². The number of likely N-dealkylation sites (tertiary alicyclic amines) is 1. The molecule has 1 fully saturated rings. The molecule has 5 N–H and O–H groups in total. The predicted molar refractivity (Wildman–Crippen MR) is 167 cm³/mol. The minimum atomic E-state index is -0.976. The number of hydrogen-bond acceptors (Lipinski definition) is 7. The lowest BCUT2D eigenvalue weighted by Crippen LogP contribution is -2.45. The van der Waals surface area contributed by atoms with Gasteiger partial charge in [-0.05, 0) is 61.3 Å². The number of aliphatic imine (C=N–C) groups is 1. The van der Waals surface area contributed by atoms with Crippen LogP contribution in [-0.2, 0) is 6.54 Å². The first-order chi connectivity index (χ1) is 21.0. The smallest absolute Gasteiger partial charge is 0.130 e. The van der Waals surface area contributed by atoms with Gasteiger partial charge in [0.05, 0.1) is 29.3 Å². The number of aromatic nitrogens is 3. The number of nitrogens with zero attached hydrogens (tertiary/aromatic N) is 4. The normalized spacial score (nSPS) is 18.5. The average molecular weight is 576 g/mol. The van der Waals surface area contributed by atoms with E-state index in [4.69, 9.17) is 15.7 Å². The number of hydrogen-bond donors (Lipinski definition) is 4. The summed E-state index contributed by atoms with van der Waals surface area (Å²) >= 11 is 0. The van der Waals surface area contributed by atoms with E-state index < -0.39 is 6.23 Å². The van der Waals surface area contributed by atoms with Crippen molar-refractivity contribution in [2.24, 2.45) is 10.7 Å². The Morgan fingerprint density at radius 3 is 2.49 bits per heavy atom. The summed E-state index contributed by atoms with van der Waals surface area (Å²) in [4.78, 5) is 20.0. The Balaban J connectivity index is 1.05. The maximum absolute atomic E-state index is 13.6. The molecule has 3 aromatic carbocycles. The van der Waals surface area contributed by atoms with Crippen LogP contribution in [0.15, 0.2) is 90.1 Å². The number of halogens is 1. The fraction of sp³-hybridized carbons (Fsp3) is 0.265. The zero-order chi connectivity index (χ0) is 29.3. The highest BCUT2D eigenvalue weighted by molar-refractivity contribution is 6.01. The molecule has 2 aromatic heterocycles. The molecule has 2 unspecified atom stereocenters. The van der Waals surface area contributed by atoms with Crippen LogP contribution < -0.4 is 11.1 Å². The van der Waals surface area contributed by atoms with Crippen molar-refractivity contribution >= 4 is 16.9 Å². The summed E-state index contributed by atoms with van der Waals surface area (Å²) in [6.45, 7) is 3.28. The molecular formula is C34H34FN7O. The molecule has 8 nitrogen and oxygen atoms in total. The number of nitrogens with one attached hydrogen (secondary N) is 2. The van der Waals surface area contributed by atoms with E-state index in [9.17, 15) is 9.50 Å². The quantitative estimate of drug-likeness (QED) is 0.207. The maximum atomic E-state index is 13.6. The van der Waals surface area contributed by atoms with Gasteiger partial charge in [-0.15, -0.1) is 0 Å². The van der Waals surface area contributed by atoms with Crippen LogP contribution in [0.3, 0.4) is 0 Å². The zero-order valence-electron chi connectivity index (χ0n) is 23.7. The second-order valence-electron chi connectivity index (χ2n) is 11.4. The van der Waals surface area contributed by atoms with Gasteiger partial charge < -0.3 is 21.1 Å². The van der Waals surface area contributed by atoms with E-state index in [1.54, 1.807) is 6.07 Å². The SMILES string of the molecule is NC(O)C1CN=C(c2cnc(-c3ccc(CN4CCC(c5nc6ccc(F)cc6[nH]5)CC4)cc3)c(-c3ccccc3)c2)N1. The minimum Gasteiger partial charge on any atom is -0.377 e. The van der Waals surface area contributed by atoms with Crippen molar-refractivity contribution in [3.63, 3.8) is 0 Å². The van der Waals surface area contributed by atoms with E-state index in [2.05, 4.69) is 62.7 Å². The number of rotatable bonds is 7. The Morgan fingerprint density at radius 2 is 1.74 bits per heavy atom. The van der Waals surface area contributed by atoms with Gasteiger partial charge in [-0.3, -0.25) is 14.9 Å². The average Bonchev–Trinajstić information content (AvgIpc) is 3.70. The zero-order valence-corrected chi connectivity index (χ0v) is 23.7. The van der Waals surface area contributed by atoms with Gasteiger partial charge in [0.1, 0.15) is 23.7 Å². The van der Waals surface area contributed by atoms with Crippen LogP contribution in [0.2, 0.25) is 0 Å². The molecule has 0 amide bonds. The molecule has 1 saturated heterocycles. The standard InChI is InChI=1S/C34H34FN7O/c35-26-10-11-28-29(17-26)40-34(39-28)24-12-14-42(15-13-24)20-21-6-8-23(9-7-21)31-27(22-4-2-1-3-5-22)16-25(18-37-31)33-38-19-30(41-33)32(36)43/h1-11,16-18,24,30,32,43H,12-15,19-20,36H2,(H,38,41)(H,39,40). The van der Waals surface area contributed by atoms with E-state index in [0.717, 1.165) is 77.3 Å². The Morgan fingerprint density at radius 1 is 0.953 bits per heavy atom. The van der Waals surface area contributed by atoms with Crippen LogP contribution in [0.25, 0.3) is 33.4 Å². The second-order valence-corrected chi connectivity index (χ2v) is 11.4. The molecular weight excluding hydrogens is 541 g/mol. The molecule has 5 aromatic rings. The summed E-state index contributed by atoms with van der Waals surface area (Å²) in [5, 5.41) is 13.0. The molecule has 4 heterocycles. The number of imidazole rings is 1. The molecule has 7 rings (SSSR count). The lowest BCUT2D eigenvalue weighted by molar-refractivity contribution is 0.150. The highest BCUT2D eigenvalue weighted by Gasteiger charge is 2.25. The van der Waals surface area contributed by atoms with Crippen LogP contribution in [0, 0.1) is 5.82 Å². The van der Waals surface area contributed by atoms with Crippen LogP contribution in [0.5, 0.6) is 0 Å². The third kappa shape index (κ3) is 5.79. The number of aromatic amines is 1. The lowest BCUT2D eigenvalue weighted by Gasteiger charge is -2.31. The van der Waals surface area contributed by atoms with Gasteiger partial charge in [0.25, 0.3) is 0 Å². The number of amidine groups is 1. The summed E-state index contributed by atoms with van der Waals surface area (Å²) in [7, 11) is 0. The van der Waals surface area contributed by atoms with Gasteiger partial charge in [-0.1, -0.05) is 54.6 Å². The van der Waals surface area contributed by atoms with Crippen LogP contribution in [0.4, 0.5) is 4.39 Å². The summed E-state index contributed by atoms with van der Waals surface area (Å²) in [6.07, 6.45) is 2.88. The molecule has 2 atom stereocenters. The number of H-pyrrole nitrogens is 1. The summed E-state index contributed by atoms with van der Waals surface area (Å²) in [5.74, 6) is 1.77. The van der Waals surface area contributed by atoms with Crippen molar-refractivity contribution in [1.82, 2.24) is 25.2 Å². The molecule has 2 aliphatic rings. The van der Waals surface area contributed by atoms with E-state index >= 15 is 0 Å². The Bertz CT molecular complexity index is 1760. The highest BCUT2D eigenvalue weighted by Crippen LogP contribution is 2.33. The molecule has 43 heavy (non-hydrogen) atoms. The van der Waals surface area contributed by atoms with E-state index in [1.807, 2.05) is 24.4 Å². The van der Waals surface area contributed by atoms with Crippen molar-refractivity contribution in [2.75, 3.05) is 19.6 Å². The maximum Gasteiger partial charge on any atom is 0.130 e. The molecule has 9 heteroatoms. The first kappa shape index (κ1) is 27.4. The third-order valence-electron chi connectivity index (χ3n) is 8.50. The molecule has 218 valence electrons. The first-order valence-corrected chi connectivity index (χ1v) is 14.8. The second kappa shape index (κ2) is 11.7. The van der Waals surface area contributed by atoms with Gasteiger partial charge in [-0.25, -0.2) is 9.37 Å². The van der Waals surface area contributed by atoms with Crippen molar-refractivity contribution in [3.8, 4) is 22.4 Å². The van der Waals surface area contributed by atoms with Gasteiger partial charge in [0.2, 0.25) is 0 Å². The first-order valence-electron chi connectivity index (χ1n) is 14.8. The van der Waals surface area contributed by atoms with Crippen LogP contribution in [0.1, 0.15) is 35.7 Å². The summed E-state index contributed by atoms with van der Waals surface area (Å²) in [5.41, 5.74) is 13.4. The summed E-state index contributed by atoms with van der Waals surface area (Å²) in [6, 6.07) is 25.4. The molecule has 0 bridgehead atoms. The monoisotopic (exact) mass is 575 g/mol. The minimum absolute atomic E-state index is 0.244. The van der Waals surface area contributed by atoms with Crippen molar-refractivity contribution in [1.29, 1.82) is 0 Å². The van der Waals surface area contributed by atoms with Crippen molar-refractivity contribution in [2.45, 2.75) is 37.6 Å². The van der Waals surface area contributed by atoms with Gasteiger partial charge in [-0.2, -0.15) is 0 Å². The fourth-order valence-electron chi connectivity index (χ4n) is 6.07. The van der Waals surface area contributed by atoms with Gasteiger partial charge in [0, 0.05) is 35.3 Å². The number of piperidine rings is 1. The number of aliphatic hydroxyl groups is 1.